The number of methoxy groups -OCH3 is 1. The average molecular weight is 273 g/mol. The number of nitrogens with two attached hydrogens (primary N) is 1. The van der Waals surface area contributed by atoms with Crippen molar-refractivity contribution >= 4 is 11.8 Å². The van der Waals surface area contributed by atoms with Crippen LogP contribution in [0.4, 0.5) is 5.82 Å². The summed E-state index contributed by atoms with van der Waals surface area (Å²) in [5, 5.41) is 0. The number of hydrogen-bond donors (Lipinski definition) is 1. The number of carbonyl (C=O) groups excluding carboxylic acids is 1. The van der Waals surface area contributed by atoms with Crippen molar-refractivity contribution in [1.82, 2.24) is 9.55 Å². The molecule has 0 bridgehead atoms. The van der Waals surface area contributed by atoms with Gasteiger partial charge in [0.05, 0.1) is 13.2 Å². The van der Waals surface area contributed by atoms with Crippen molar-refractivity contribution in [2.75, 3.05) is 12.8 Å². The SMILES string of the molecule is COC(=O)c1nc(C)n(C(C)c2ccccc2C)c1N. The van der Waals surface area contributed by atoms with Crippen molar-refractivity contribution in [3.8, 4) is 0 Å². The highest BCUT2D eigenvalue weighted by Crippen LogP contribution is 2.27. The second kappa shape index (κ2) is 5.36. The lowest BCUT2D eigenvalue weighted by atomic mass is 10.0. The Morgan fingerprint density at radius 3 is 2.60 bits per heavy atom. The van der Waals surface area contributed by atoms with E-state index in [1.807, 2.05) is 30.5 Å². The third kappa shape index (κ3) is 2.27. The number of imidazole rings is 1. The summed E-state index contributed by atoms with van der Waals surface area (Å²) in [5.74, 6) is 0.519. The summed E-state index contributed by atoms with van der Waals surface area (Å²) in [5.41, 5.74) is 8.56. The van der Waals surface area contributed by atoms with Crippen LogP contribution < -0.4 is 5.73 Å². The fourth-order valence-electron chi connectivity index (χ4n) is 2.49. The van der Waals surface area contributed by atoms with E-state index in [1.54, 1.807) is 0 Å². The molecule has 2 rings (SSSR count). The van der Waals surface area contributed by atoms with Gasteiger partial charge in [-0.25, -0.2) is 9.78 Å². The van der Waals surface area contributed by atoms with Gasteiger partial charge in [0.25, 0.3) is 0 Å². The van der Waals surface area contributed by atoms with Crippen LogP contribution in [0.2, 0.25) is 0 Å². The van der Waals surface area contributed by atoms with E-state index >= 15 is 0 Å². The molecule has 0 radical (unpaired) electrons. The fraction of sp³-hybridized carbons (Fsp3) is 0.333. The molecule has 0 aliphatic heterocycles. The highest BCUT2D eigenvalue weighted by Gasteiger charge is 2.23. The van der Waals surface area contributed by atoms with Crippen LogP contribution in [0.1, 0.15) is 40.4 Å². The van der Waals surface area contributed by atoms with E-state index in [1.165, 1.54) is 12.7 Å². The van der Waals surface area contributed by atoms with E-state index in [0.29, 0.717) is 11.6 Å². The predicted molar refractivity (Wildman–Crippen MR) is 77.7 cm³/mol. The second-order valence-corrected chi connectivity index (χ2v) is 4.79. The molecule has 0 aliphatic rings. The number of nitrogen functional groups attached to an aromatic ring is 1. The van der Waals surface area contributed by atoms with Gasteiger partial charge < -0.3 is 15.0 Å². The molecule has 1 aromatic carbocycles. The number of aromatic nitrogens is 2. The van der Waals surface area contributed by atoms with Crippen LogP contribution in [0.25, 0.3) is 0 Å². The van der Waals surface area contributed by atoms with Gasteiger partial charge in [-0.1, -0.05) is 24.3 Å². The van der Waals surface area contributed by atoms with Crippen molar-refractivity contribution in [3.63, 3.8) is 0 Å². The normalized spacial score (nSPS) is 12.2. The van der Waals surface area contributed by atoms with Gasteiger partial charge in [0.1, 0.15) is 11.6 Å². The first kappa shape index (κ1) is 14.1. The van der Waals surface area contributed by atoms with Gasteiger partial charge in [0.2, 0.25) is 0 Å². The molecule has 1 aromatic heterocycles. The molecule has 0 spiro atoms. The zero-order valence-corrected chi connectivity index (χ0v) is 12.2. The van der Waals surface area contributed by atoms with E-state index < -0.39 is 5.97 Å². The third-order valence-corrected chi connectivity index (χ3v) is 3.53. The van der Waals surface area contributed by atoms with Crippen molar-refractivity contribution in [2.24, 2.45) is 0 Å². The van der Waals surface area contributed by atoms with Gasteiger partial charge in [-0.3, -0.25) is 0 Å². The summed E-state index contributed by atoms with van der Waals surface area (Å²) in [4.78, 5) is 15.9. The zero-order chi connectivity index (χ0) is 14.9. The fourth-order valence-corrected chi connectivity index (χ4v) is 2.49. The largest absolute Gasteiger partial charge is 0.464 e. The second-order valence-electron chi connectivity index (χ2n) is 4.79. The van der Waals surface area contributed by atoms with E-state index in [-0.39, 0.29) is 11.7 Å². The van der Waals surface area contributed by atoms with E-state index in [9.17, 15) is 4.79 Å². The quantitative estimate of drug-likeness (QED) is 0.872. The number of aryl methyl sites for hydroxylation is 2. The summed E-state index contributed by atoms with van der Waals surface area (Å²) < 4.78 is 6.56. The number of rotatable bonds is 3. The van der Waals surface area contributed by atoms with Crippen molar-refractivity contribution in [1.29, 1.82) is 0 Å². The summed E-state index contributed by atoms with van der Waals surface area (Å²) in [7, 11) is 1.32. The van der Waals surface area contributed by atoms with E-state index in [2.05, 4.69) is 24.0 Å². The summed E-state index contributed by atoms with van der Waals surface area (Å²) in [6, 6.07) is 8.09. The molecule has 1 unspecified atom stereocenters. The number of esters is 1. The first-order valence-electron chi connectivity index (χ1n) is 6.45. The predicted octanol–water partition coefficient (Wildman–Crippen LogP) is 2.48. The molecular formula is C15H19N3O2. The Morgan fingerprint density at radius 2 is 2.00 bits per heavy atom. The summed E-state index contributed by atoms with van der Waals surface area (Å²) in [6.45, 7) is 5.92. The Labute approximate surface area is 118 Å². The molecule has 0 saturated carbocycles. The van der Waals surface area contributed by atoms with Crippen LogP contribution in [-0.4, -0.2) is 22.6 Å². The minimum Gasteiger partial charge on any atom is -0.464 e. The lowest BCUT2D eigenvalue weighted by Gasteiger charge is -2.19. The molecule has 106 valence electrons. The molecule has 2 aromatic rings. The van der Waals surface area contributed by atoms with Crippen LogP contribution >= 0.6 is 0 Å². The maximum absolute atomic E-state index is 11.6. The molecule has 2 N–H and O–H groups in total. The maximum Gasteiger partial charge on any atom is 0.360 e. The topological polar surface area (TPSA) is 70.1 Å². The number of nitrogens with zero attached hydrogens (tertiary/aromatic N) is 2. The van der Waals surface area contributed by atoms with Crippen LogP contribution in [0.5, 0.6) is 0 Å². The number of carbonyl (C=O) groups is 1. The lowest BCUT2D eigenvalue weighted by Crippen LogP contribution is -2.14. The van der Waals surface area contributed by atoms with Gasteiger partial charge in [-0.2, -0.15) is 0 Å². The Morgan fingerprint density at radius 1 is 1.35 bits per heavy atom. The van der Waals surface area contributed by atoms with Crippen LogP contribution in [0.3, 0.4) is 0 Å². The number of hydrogen-bond acceptors (Lipinski definition) is 4. The van der Waals surface area contributed by atoms with E-state index in [4.69, 9.17) is 10.5 Å². The van der Waals surface area contributed by atoms with Crippen molar-refractivity contribution < 1.29 is 9.53 Å². The molecule has 1 heterocycles. The summed E-state index contributed by atoms with van der Waals surface area (Å²) in [6.07, 6.45) is 0. The highest BCUT2D eigenvalue weighted by molar-refractivity contribution is 5.92. The first-order chi connectivity index (χ1) is 9.47. The lowest BCUT2D eigenvalue weighted by molar-refractivity contribution is 0.0595. The third-order valence-electron chi connectivity index (χ3n) is 3.53. The Bertz CT molecular complexity index is 647. The molecule has 0 saturated heterocycles. The van der Waals surface area contributed by atoms with Gasteiger partial charge in [0, 0.05) is 0 Å². The Kier molecular flexibility index (Phi) is 3.79. The van der Waals surface area contributed by atoms with Crippen LogP contribution in [-0.2, 0) is 4.74 Å². The Balaban J connectivity index is 2.51. The van der Waals surface area contributed by atoms with Crippen LogP contribution in [0, 0.1) is 13.8 Å². The molecule has 0 aliphatic carbocycles. The molecule has 5 nitrogen and oxygen atoms in total. The standard InChI is InChI=1S/C15H19N3O2/c1-9-7-5-6-8-12(9)10(2)18-11(3)17-13(14(18)16)15(19)20-4/h5-8,10H,16H2,1-4H3. The van der Waals surface area contributed by atoms with Gasteiger partial charge in [-0.15, -0.1) is 0 Å². The molecule has 1 atom stereocenters. The van der Waals surface area contributed by atoms with E-state index in [0.717, 1.165) is 5.56 Å². The number of benzene rings is 1. The maximum atomic E-state index is 11.6. The molecular weight excluding hydrogens is 254 g/mol. The van der Waals surface area contributed by atoms with Gasteiger partial charge in [-0.05, 0) is 31.9 Å². The molecule has 20 heavy (non-hydrogen) atoms. The van der Waals surface area contributed by atoms with Gasteiger partial charge in [0.15, 0.2) is 5.69 Å². The number of anilines is 1. The smallest absolute Gasteiger partial charge is 0.360 e. The monoisotopic (exact) mass is 273 g/mol. The molecule has 0 fully saturated rings. The molecule has 0 amide bonds. The zero-order valence-electron chi connectivity index (χ0n) is 12.2. The minimum atomic E-state index is -0.513. The minimum absolute atomic E-state index is 0.00195. The average Bonchev–Trinajstić information content (AvgIpc) is 2.73. The van der Waals surface area contributed by atoms with Crippen LogP contribution in [0.15, 0.2) is 24.3 Å². The number of ether oxygens (including phenoxy) is 1. The summed E-state index contributed by atoms with van der Waals surface area (Å²) >= 11 is 0. The first-order valence-corrected chi connectivity index (χ1v) is 6.45. The Hall–Kier alpha value is -2.30. The van der Waals surface area contributed by atoms with Gasteiger partial charge >= 0.3 is 5.97 Å². The van der Waals surface area contributed by atoms with Crippen molar-refractivity contribution in [2.45, 2.75) is 26.8 Å². The molecule has 5 heteroatoms. The van der Waals surface area contributed by atoms with Crippen molar-refractivity contribution in [3.05, 3.63) is 46.9 Å². The highest BCUT2D eigenvalue weighted by atomic mass is 16.5.